The fraction of sp³-hybridized carbons (Fsp3) is 0.412. The number of nitrogens with one attached hydrogen (secondary N) is 4. The summed E-state index contributed by atoms with van der Waals surface area (Å²) in [6, 6.07) is 9.16. The number of hydrogen-bond acceptors (Lipinski definition) is 10. The zero-order chi connectivity index (χ0) is 34.6. The molecule has 1 aliphatic rings. The molecule has 4 N–H and O–H groups in total. The number of amides is 2. The van der Waals surface area contributed by atoms with E-state index < -0.39 is 29.6 Å². The molecule has 0 saturated carbocycles. The molecule has 5 rings (SSSR count). The van der Waals surface area contributed by atoms with Crippen LogP contribution in [-0.4, -0.2) is 66.6 Å². The average molecular weight is 654 g/mol. The number of H-pyrrole nitrogens is 2. The molecule has 14 nitrogen and oxygen atoms in total. The Morgan fingerprint density at radius 2 is 1.92 bits per heavy atom. The topological polar surface area (TPSA) is 188 Å². The molecule has 48 heavy (non-hydrogen) atoms. The van der Waals surface area contributed by atoms with Gasteiger partial charge < -0.3 is 25.3 Å². The van der Waals surface area contributed by atoms with Crippen LogP contribution >= 0.6 is 0 Å². The SMILES string of the molecule is C#CCN(c1ccc(C(=O)N[C@@H](CCC(=O)N[C@H](C)c2nn[nH]n2)C(=O)OC(C)(C)C)cc1)C1CCc2cc3nc(C)[nH]c(=O)c3cc21. The molecular weight excluding hydrogens is 614 g/mol. The second kappa shape index (κ2) is 14.0. The van der Waals surface area contributed by atoms with E-state index in [1.165, 1.54) is 0 Å². The van der Waals surface area contributed by atoms with Crippen molar-refractivity contribution in [3.05, 3.63) is 75.1 Å². The van der Waals surface area contributed by atoms with Crippen LogP contribution in [0.25, 0.3) is 10.9 Å². The standard InChI is InChI=1S/C34H39N9O5/c1-7-16-43(28-14-10-22-17-27-25(18-24(22)28)32(46)37-20(3)36-27)23-11-8-21(9-12-23)31(45)38-26(33(47)48-34(4,5)6)13-15-29(44)35-19(2)30-39-41-42-40-30/h1,8-9,11-12,17-19,26,28H,10,13-16H2,2-6H3,(H,35,44)(H,38,45)(H,36,37,46)(H,39,40,41,42)/t19-,26+,28?/m1/s1. The lowest BCUT2D eigenvalue weighted by Gasteiger charge is -2.30. The van der Waals surface area contributed by atoms with Crippen molar-refractivity contribution in [3.8, 4) is 12.3 Å². The third-order valence-electron chi connectivity index (χ3n) is 8.01. The summed E-state index contributed by atoms with van der Waals surface area (Å²) in [5.74, 6) is 2.12. The van der Waals surface area contributed by atoms with Gasteiger partial charge >= 0.3 is 5.97 Å². The highest BCUT2D eigenvalue weighted by atomic mass is 16.6. The van der Waals surface area contributed by atoms with Gasteiger partial charge in [-0.25, -0.2) is 9.78 Å². The van der Waals surface area contributed by atoms with Gasteiger partial charge in [-0.1, -0.05) is 11.1 Å². The minimum Gasteiger partial charge on any atom is -0.458 e. The summed E-state index contributed by atoms with van der Waals surface area (Å²) in [6.45, 7) is 8.95. The Bertz CT molecular complexity index is 1910. The Balaban J connectivity index is 1.30. The van der Waals surface area contributed by atoms with Crippen LogP contribution < -0.4 is 21.1 Å². The molecule has 0 aliphatic heterocycles. The van der Waals surface area contributed by atoms with Crippen LogP contribution in [0.15, 0.2) is 41.2 Å². The van der Waals surface area contributed by atoms with E-state index in [9.17, 15) is 19.2 Å². The van der Waals surface area contributed by atoms with Gasteiger partial charge in [-0.2, -0.15) is 5.21 Å². The van der Waals surface area contributed by atoms with Gasteiger partial charge in [0.15, 0.2) is 5.82 Å². The number of tetrazole rings is 1. The maximum absolute atomic E-state index is 13.4. The maximum atomic E-state index is 13.4. The number of ether oxygens (including phenoxy) is 1. The van der Waals surface area contributed by atoms with E-state index in [-0.39, 0.29) is 30.3 Å². The minimum atomic E-state index is -1.08. The number of rotatable bonds is 11. The van der Waals surface area contributed by atoms with E-state index in [1.54, 1.807) is 58.9 Å². The first-order valence-corrected chi connectivity index (χ1v) is 15.7. The molecule has 1 unspecified atom stereocenters. The molecule has 0 spiro atoms. The predicted octanol–water partition coefficient (Wildman–Crippen LogP) is 2.97. The highest BCUT2D eigenvalue weighted by Gasteiger charge is 2.31. The number of aromatic amines is 2. The summed E-state index contributed by atoms with van der Waals surface area (Å²) in [6.07, 6.45) is 7.34. The van der Waals surface area contributed by atoms with E-state index in [0.717, 1.165) is 29.7 Å². The molecule has 2 heterocycles. The van der Waals surface area contributed by atoms with Crippen LogP contribution in [0.1, 0.15) is 92.2 Å². The molecule has 0 fully saturated rings. The van der Waals surface area contributed by atoms with Crippen LogP contribution in [0, 0.1) is 19.3 Å². The van der Waals surface area contributed by atoms with Crippen molar-refractivity contribution in [1.29, 1.82) is 0 Å². The Hall–Kier alpha value is -5.58. The summed E-state index contributed by atoms with van der Waals surface area (Å²) >= 11 is 0. The van der Waals surface area contributed by atoms with Gasteiger partial charge in [-0.3, -0.25) is 14.4 Å². The van der Waals surface area contributed by atoms with Gasteiger partial charge in [0.05, 0.1) is 29.5 Å². The first-order valence-electron chi connectivity index (χ1n) is 15.7. The molecule has 3 atom stereocenters. The lowest BCUT2D eigenvalue weighted by atomic mass is 10.0. The lowest BCUT2D eigenvalue weighted by molar-refractivity contribution is -0.157. The number of aromatic nitrogens is 6. The highest BCUT2D eigenvalue weighted by molar-refractivity contribution is 5.97. The van der Waals surface area contributed by atoms with Gasteiger partial charge in [0.2, 0.25) is 5.91 Å². The van der Waals surface area contributed by atoms with Gasteiger partial charge in [-0.15, -0.1) is 16.6 Å². The molecule has 2 aromatic carbocycles. The molecule has 2 amide bonds. The van der Waals surface area contributed by atoms with Crippen molar-refractivity contribution in [2.75, 3.05) is 11.4 Å². The van der Waals surface area contributed by atoms with Gasteiger partial charge in [0.1, 0.15) is 17.5 Å². The van der Waals surface area contributed by atoms with E-state index in [4.69, 9.17) is 11.2 Å². The summed E-state index contributed by atoms with van der Waals surface area (Å²) in [4.78, 5) is 61.1. The first-order chi connectivity index (χ1) is 22.8. The van der Waals surface area contributed by atoms with Crippen LogP contribution in [-0.2, 0) is 20.7 Å². The van der Waals surface area contributed by atoms with E-state index in [2.05, 4.69) is 52.0 Å². The highest BCUT2D eigenvalue weighted by Crippen LogP contribution is 2.39. The third-order valence-corrected chi connectivity index (χ3v) is 8.01. The number of anilines is 1. The molecule has 4 aromatic rings. The Kier molecular flexibility index (Phi) is 9.88. The van der Waals surface area contributed by atoms with E-state index in [1.807, 2.05) is 12.1 Å². The molecule has 2 aromatic heterocycles. The van der Waals surface area contributed by atoms with Gasteiger partial charge in [0.25, 0.3) is 11.5 Å². The number of carbonyl (C=O) groups excluding carboxylic acids is 3. The molecule has 0 saturated heterocycles. The van der Waals surface area contributed by atoms with Crippen molar-refractivity contribution in [1.82, 2.24) is 41.2 Å². The number of hydrogen-bond donors (Lipinski definition) is 4. The zero-order valence-corrected chi connectivity index (χ0v) is 27.6. The number of terminal acetylenes is 1. The largest absolute Gasteiger partial charge is 0.458 e. The predicted molar refractivity (Wildman–Crippen MR) is 178 cm³/mol. The Morgan fingerprint density at radius 1 is 1.17 bits per heavy atom. The summed E-state index contributed by atoms with van der Waals surface area (Å²) in [7, 11) is 0. The molecule has 1 aliphatic carbocycles. The van der Waals surface area contributed by atoms with Crippen LogP contribution in [0.2, 0.25) is 0 Å². The average Bonchev–Trinajstić information content (AvgIpc) is 3.71. The summed E-state index contributed by atoms with van der Waals surface area (Å²) < 4.78 is 5.54. The fourth-order valence-corrected chi connectivity index (χ4v) is 5.82. The smallest absolute Gasteiger partial charge is 0.329 e. The van der Waals surface area contributed by atoms with Crippen LogP contribution in [0.4, 0.5) is 5.69 Å². The summed E-state index contributed by atoms with van der Waals surface area (Å²) in [5.41, 5.74) is 2.93. The number of carbonyl (C=O) groups is 3. The molecule has 14 heteroatoms. The zero-order valence-electron chi connectivity index (χ0n) is 27.6. The van der Waals surface area contributed by atoms with E-state index >= 15 is 0 Å². The van der Waals surface area contributed by atoms with Gasteiger partial charge in [-0.05, 0) is 101 Å². The third kappa shape index (κ3) is 7.86. The molecular formula is C34H39N9O5. The van der Waals surface area contributed by atoms with Crippen molar-refractivity contribution in [2.45, 2.75) is 84.0 Å². The molecule has 250 valence electrons. The van der Waals surface area contributed by atoms with Crippen molar-refractivity contribution < 1.29 is 19.1 Å². The maximum Gasteiger partial charge on any atom is 0.329 e. The normalized spacial score (nSPS) is 15.2. The first kappa shape index (κ1) is 33.8. The number of fused-ring (bicyclic) bond motifs is 2. The van der Waals surface area contributed by atoms with E-state index in [0.29, 0.717) is 34.7 Å². The second-order valence-electron chi connectivity index (χ2n) is 12.8. The number of aryl methyl sites for hydroxylation is 2. The monoisotopic (exact) mass is 653 g/mol. The van der Waals surface area contributed by atoms with Crippen molar-refractivity contribution >= 4 is 34.4 Å². The van der Waals surface area contributed by atoms with Crippen LogP contribution in [0.5, 0.6) is 0 Å². The Morgan fingerprint density at radius 3 is 2.58 bits per heavy atom. The summed E-state index contributed by atoms with van der Waals surface area (Å²) in [5, 5.41) is 19.6. The number of esters is 1. The number of nitrogens with zero attached hydrogens (tertiary/aromatic N) is 5. The second-order valence-corrected chi connectivity index (χ2v) is 12.8. The van der Waals surface area contributed by atoms with Crippen LogP contribution in [0.3, 0.4) is 0 Å². The van der Waals surface area contributed by atoms with Crippen molar-refractivity contribution in [3.63, 3.8) is 0 Å². The van der Waals surface area contributed by atoms with Crippen molar-refractivity contribution in [2.24, 2.45) is 0 Å². The number of benzene rings is 2. The molecule has 0 bridgehead atoms. The minimum absolute atomic E-state index is 0.00712. The lowest BCUT2D eigenvalue weighted by Crippen LogP contribution is -2.45. The fourth-order valence-electron chi connectivity index (χ4n) is 5.82. The Labute approximate surface area is 277 Å². The molecule has 0 radical (unpaired) electrons. The van der Waals surface area contributed by atoms with Gasteiger partial charge in [0, 0.05) is 17.7 Å². The quantitative estimate of drug-likeness (QED) is 0.138.